The zero-order valence-electron chi connectivity index (χ0n) is 9.93. The molecule has 0 fully saturated rings. The van der Waals surface area contributed by atoms with E-state index in [9.17, 15) is 0 Å². The van der Waals surface area contributed by atoms with E-state index in [1.54, 1.807) is 6.20 Å². The first-order valence-electron chi connectivity index (χ1n) is 5.58. The van der Waals surface area contributed by atoms with Gasteiger partial charge in [-0.3, -0.25) is 4.98 Å². The van der Waals surface area contributed by atoms with Gasteiger partial charge in [0.1, 0.15) is 0 Å². The summed E-state index contributed by atoms with van der Waals surface area (Å²) >= 11 is 0. The molecular formula is C13H16N4. The molecule has 0 aliphatic carbocycles. The largest absolute Gasteiger partial charge is 0.350 e. The maximum atomic E-state index is 4.42. The molecule has 0 atom stereocenters. The van der Waals surface area contributed by atoms with Crippen molar-refractivity contribution in [2.24, 2.45) is 0 Å². The van der Waals surface area contributed by atoms with Gasteiger partial charge in [0, 0.05) is 18.9 Å². The summed E-state index contributed by atoms with van der Waals surface area (Å²) < 4.78 is 2.03. The second-order valence-corrected chi connectivity index (χ2v) is 3.82. The predicted octanol–water partition coefficient (Wildman–Crippen LogP) is 2.38. The van der Waals surface area contributed by atoms with Crippen LogP contribution in [0.5, 0.6) is 0 Å². The maximum absolute atomic E-state index is 4.42. The molecule has 0 aliphatic rings. The molecule has 88 valence electrons. The van der Waals surface area contributed by atoms with Gasteiger partial charge in [0.25, 0.3) is 0 Å². The highest BCUT2D eigenvalue weighted by atomic mass is 15.2. The smallest absolute Gasteiger partial charge is 0.203 e. The van der Waals surface area contributed by atoms with Crippen LogP contribution >= 0.6 is 0 Å². The van der Waals surface area contributed by atoms with E-state index < -0.39 is 0 Å². The number of aromatic nitrogens is 3. The van der Waals surface area contributed by atoms with Gasteiger partial charge in [0.2, 0.25) is 5.95 Å². The quantitative estimate of drug-likeness (QED) is 0.799. The Morgan fingerprint density at radius 1 is 1.47 bits per heavy atom. The van der Waals surface area contributed by atoms with Crippen LogP contribution in [0.2, 0.25) is 0 Å². The van der Waals surface area contributed by atoms with Gasteiger partial charge in [-0.1, -0.05) is 12.1 Å². The molecule has 17 heavy (non-hydrogen) atoms. The van der Waals surface area contributed by atoms with Crippen LogP contribution in [-0.4, -0.2) is 14.5 Å². The zero-order chi connectivity index (χ0) is 12.1. The van der Waals surface area contributed by atoms with E-state index in [1.807, 2.05) is 42.0 Å². The van der Waals surface area contributed by atoms with E-state index in [4.69, 9.17) is 0 Å². The first kappa shape index (κ1) is 11.4. The highest BCUT2D eigenvalue weighted by Crippen LogP contribution is 2.09. The summed E-state index contributed by atoms with van der Waals surface area (Å²) in [6.07, 6.45) is 5.65. The van der Waals surface area contributed by atoms with Gasteiger partial charge in [-0.15, -0.1) is 6.58 Å². The van der Waals surface area contributed by atoms with Gasteiger partial charge < -0.3 is 9.88 Å². The molecule has 0 bridgehead atoms. The molecule has 2 rings (SSSR count). The Balaban J connectivity index is 2.05. The molecule has 0 aromatic carbocycles. The summed E-state index contributed by atoms with van der Waals surface area (Å²) in [5, 5.41) is 3.28. The number of aryl methyl sites for hydroxylation is 1. The maximum Gasteiger partial charge on any atom is 0.203 e. The average molecular weight is 228 g/mol. The summed E-state index contributed by atoms with van der Waals surface area (Å²) in [4.78, 5) is 8.68. The molecule has 0 aliphatic heterocycles. The van der Waals surface area contributed by atoms with E-state index in [1.165, 1.54) is 0 Å². The van der Waals surface area contributed by atoms with Crippen molar-refractivity contribution in [2.75, 3.05) is 5.32 Å². The number of imidazole rings is 1. The summed E-state index contributed by atoms with van der Waals surface area (Å²) in [7, 11) is 0. The van der Waals surface area contributed by atoms with Crippen LogP contribution in [0.15, 0.2) is 43.2 Å². The molecule has 2 heterocycles. The fraction of sp³-hybridized carbons (Fsp3) is 0.231. The van der Waals surface area contributed by atoms with Crippen molar-refractivity contribution in [3.63, 3.8) is 0 Å². The Morgan fingerprint density at radius 2 is 2.35 bits per heavy atom. The Bertz CT molecular complexity index is 487. The van der Waals surface area contributed by atoms with Crippen molar-refractivity contribution in [3.05, 3.63) is 54.6 Å². The SMILES string of the molecule is C=CCn1cc(C)nc1NCc1ccccn1. The minimum atomic E-state index is 0.675. The van der Waals surface area contributed by atoms with E-state index in [2.05, 4.69) is 21.9 Å². The summed E-state index contributed by atoms with van der Waals surface area (Å²) in [5.41, 5.74) is 1.99. The van der Waals surface area contributed by atoms with Crippen molar-refractivity contribution in [3.8, 4) is 0 Å². The van der Waals surface area contributed by atoms with E-state index in [0.717, 1.165) is 23.9 Å². The zero-order valence-corrected chi connectivity index (χ0v) is 9.93. The highest BCUT2D eigenvalue weighted by molar-refractivity contribution is 5.30. The van der Waals surface area contributed by atoms with Crippen LogP contribution in [-0.2, 0) is 13.1 Å². The van der Waals surface area contributed by atoms with Gasteiger partial charge in [-0.25, -0.2) is 4.98 Å². The number of allylic oxidation sites excluding steroid dienone is 1. The van der Waals surface area contributed by atoms with Crippen LogP contribution in [0, 0.1) is 6.92 Å². The highest BCUT2D eigenvalue weighted by Gasteiger charge is 2.03. The van der Waals surface area contributed by atoms with Crippen LogP contribution in [0.1, 0.15) is 11.4 Å². The number of nitrogens with one attached hydrogen (secondary N) is 1. The van der Waals surface area contributed by atoms with Crippen molar-refractivity contribution in [1.29, 1.82) is 0 Å². The lowest BCUT2D eigenvalue weighted by Crippen LogP contribution is -2.07. The molecule has 0 unspecified atom stereocenters. The first-order valence-corrected chi connectivity index (χ1v) is 5.58. The third-order valence-electron chi connectivity index (χ3n) is 2.38. The molecule has 4 nitrogen and oxygen atoms in total. The van der Waals surface area contributed by atoms with Crippen molar-refractivity contribution >= 4 is 5.95 Å². The second-order valence-electron chi connectivity index (χ2n) is 3.82. The van der Waals surface area contributed by atoms with Crippen LogP contribution in [0.4, 0.5) is 5.95 Å². The minimum Gasteiger partial charge on any atom is -0.350 e. The predicted molar refractivity (Wildman–Crippen MR) is 68.7 cm³/mol. The molecule has 4 heteroatoms. The van der Waals surface area contributed by atoms with Crippen molar-refractivity contribution in [1.82, 2.24) is 14.5 Å². The number of nitrogens with zero attached hydrogens (tertiary/aromatic N) is 3. The van der Waals surface area contributed by atoms with E-state index in [-0.39, 0.29) is 0 Å². The first-order chi connectivity index (χ1) is 8.29. The summed E-state index contributed by atoms with van der Waals surface area (Å²) in [6.45, 7) is 7.14. The molecule has 0 radical (unpaired) electrons. The van der Waals surface area contributed by atoms with Crippen LogP contribution in [0.3, 0.4) is 0 Å². The number of pyridine rings is 1. The molecule has 0 saturated heterocycles. The van der Waals surface area contributed by atoms with Crippen molar-refractivity contribution in [2.45, 2.75) is 20.0 Å². The lowest BCUT2D eigenvalue weighted by molar-refractivity contribution is 0.817. The second kappa shape index (κ2) is 5.30. The van der Waals surface area contributed by atoms with Gasteiger partial charge in [0.15, 0.2) is 0 Å². The van der Waals surface area contributed by atoms with E-state index >= 15 is 0 Å². The van der Waals surface area contributed by atoms with Crippen LogP contribution in [0.25, 0.3) is 0 Å². The lowest BCUT2D eigenvalue weighted by atomic mass is 10.3. The van der Waals surface area contributed by atoms with Gasteiger partial charge >= 0.3 is 0 Å². The molecule has 1 N–H and O–H groups in total. The normalized spacial score (nSPS) is 10.2. The molecule has 0 spiro atoms. The van der Waals surface area contributed by atoms with Gasteiger partial charge in [0.05, 0.1) is 17.9 Å². The fourth-order valence-electron chi connectivity index (χ4n) is 1.64. The van der Waals surface area contributed by atoms with Gasteiger partial charge in [-0.05, 0) is 19.1 Å². The Hall–Kier alpha value is -2.10. The Kier molecular flexibility index (Phi) is 3.55. The Morgan fingerprint density at radius 3 is 3.06 bits per heavy atom. The molecule has 2 aromatic rings. The molecule has 0 amide bonds. The molecular weight excluding hydrogens is 212 g/mol. The fourth-order valence-corrected chi connectivity index (χ4v) is 1.64. The monoisotopic (exact) mass is 228 g/mol. The summed E-state index contributed by atoms with van der Waals surface area (Å²) in [5.74, 6) is 0.855. The van der Waals surface area contributed by atoms with Gasteiger partial charge in [-0.2, -0.15) is 0 Å². The number of anilines is 1. The topological polar surface area (TPSA) is 42.7 Å². The van der Waals surface area contributed by atoms with E-state index in [0.29, 0.717) is 6.54 Å². The average Bonchev–Trinajstić information content (AvgIpc) is 2.69. The number of rotatable bonds is 5. The Labute approximate surface area is 101 Å². The molecule has 0 saturated carbocycles. The third kappa shape index (κ3) is 2.93. The standard InChI is InChI=1S/C13H16N4/c1-3-8-17-10-11(2)16-13(17)15-9-12-6-4-5-7-14-12/h3-7,10H,1,8-9H2,2H3,(H,15,16). The number of hydrogen-bond acceptors (Lipinski definition) is 3. The minimum absolute atomic E-state index is 0.675. The molecule has 2 aromatic heterocycles. The third-order valence-corrected chi connectivity index (χ3v) is 2.38. The lowest BCUT2D eigenvalue weighted by Gasteiger charge is -2.07. The van der Waals surface area contributed by atoms with Crippen molar-refractivity contribution < 1.29 is 0 Å². The number of hydrogen-bond donors (Lipinski definition) is 1. The summed E-state index contributed by atoms with van der Waals surface area (Å²) in [6, 6.07) is 5.87. The van der Waals surface area contributed by atoms with Crippen LogP contribution < -0.4 is 5.32 Å².